The molecule has 2 N–H and O–H groups in total. The number of thiophene rings is 1. The zero-order chi connectivity index (χ0) is 17.1. The van der Waals surface area contributed by atoms with Crippen LogP contribution in [0.2, 0.25) is 0 Å². The number of hydrogen-bond acceptors (Lipinski definition) is 5. The number of rotatable bonds is 5. The highest BCUT2D eigenvalue weighted by Crippen LogP contribution is 2.22. The van der Waals surface area contributed by atoms with Crippen molar-refractivity contribution in [2.45, 2.75) is 18.9 Å². The van der Waals surface area contributed by atoms with E-state index in [2.05, 4.69) is 10.9 Å². The van der Waals surface area contributed by atoms with Crippen molar-refractivity contribution in [3.63, 3.8) is 0 Å². The van der Waals surface area contributed by atoms with Gasteiger partial charge in [-0.1, -0.05) is 6.07 Å². The Morgan fingerprint density at radius 3 is 2.67 bits per heavy atom. The molecule has 3 rings (SSSR count). The Balaban J connectivity index is 1.59. The van der Waals surface area contributed by atoms with Gasteiger partial charge >= 0.3 is 0 Å². The third-order valence-corrected chi connectivity index (χ3v) is 4.41. The highest BCUT2D eigenvalue weighted by molar-refractivity contribution is 7.10. The molecule has 1 aromatic carbocycles. The van der Waals surface area contributed by atoms with Crippen LogP contribution in [0, 0.1) is 5.82 Å². The predicted molar refractivity (Wildman–Crippen MR) is 86.6 cm³/mol. The topological polar surface area (TPSA) is 78.5 Å². The van der Waals surface area contributed by atoms with Crippen LogP contribution in [-0.2, 0) is 20.8 Å². The SMILES string of the molecule is O=C(Cc1cccs1)NN[C@@H]1CC(=O)N(c2ccc(F)cc2)C1=O. The summed E-state index contributed by atoms with van der Waals surface area (Å²) in [5, 5.41) is 1.87. The molecule has 0 saturated carbocycles. The first-order valence-corrected chi connectivity index (χ1v) is 8.11. The van der Waals surface area contributed by atoms with Gasteiger partial charge in [0.15, 0.2) is 0 Å². The molecule has 124 valence electrons. The summed E-state index contributed by atoms with van der Waals surface area (Å²) in [6.45, 7) is 0. The molecule has 6 nitrogen and oxygen atoms in total. The zero-order valence-electron chi connectivity index (χ0n) is 12.5. The number of amides is 3. The predicted octanol–water partition coefficient (Wildman–Crippen LogP) is 1.38. The largest absolute Gasteiger partial charge is 0.291 e. The summed E-state index contributed by atoms with van der Waals surface area (Å²) in [6, 6.07) is 7.94. The van der Waals surface area contributed by atoms with Gasteiger partial charge in [-0.05, 0) is 35.7 Å². The van der Waals surface area contributed by atoms with Gasteiger partial charge in [0.2, 0.25) is 11.8 Å². The van der Waals surface area contributed by atoms with Crippen LogP contribution in [-0.4, -0.2) is 23.8 Å². The van der Waals surface area contributed by atoms with E-state index in [1.165, 1.54) is 35.6 Å². The van der Waals surface area contributed by atoms with E-state index in [1.54, 1.807) is 0 Å². The van der Waals surface area contributed by atoms with Crippen LogP contribution in [0.3, 0.4) is 0 Å². The monoisotopic (exact) mass is 347 g/mol. The summed E-state index contributed by atoms with van der Waals surface area (Å²) in [6.07, 6.45) is 0.122. The normalized spacial score (nSPS) is 17.4. The van der Waals surface area contributed by atoms with E-state index in [0.717, 1.165) is 9.78 Å². The number of nitrogens with one attached hydrogen (secondary N) is 2. The van der Waals surface area contributed by atoms with Crippen molar-refractivity contribution in [1.29, 1.82) is 0 Å². The second kappa shape index (κ2) is 6.90. The molecular weight excluding hydrogens is 333 g/mol. The summed E-state index contributed by atoms with van der Waals surface area (Å²) < 4.78 is 13.0. The fraction of sp³-hybridized carbons (Fsp3) is 0.188. The number of carbonyl (C=O) groups excluding carboxylic acids is 3. The van der Waals surface area contributed by atoms with E-state index in [9.17, 15) is 18.8 Å². The van der Waals surface area contributed by atoms with Crippen LogP contribution in [0.25, 0.3) is 0 Å². The van der Waals surface area contributed by atoms with Gasteiger partial charge in [0.1, 0.15) is 11.9 Å². The van der Waals surface area contributed by atoms with Crippen LogP contribution in [0.4, 0.5) is 10.1 Å². The van der Waals surface area contributed by atoms with Crippen LogP contribution < -0.4 is 15.8 Å². The average molecular weight is 347 g/mol. The lowest BCUT2D eigenvalue weighted by molar-refractivity contribution is -0.122. The Hall–Kier alpha value is -2.58. The molecule has 2 aromatic rings. The minimum Gasteiger partial charge on any atom is -0.291 e. The molecule has 3 amide bonds. The van der Waals surface area contributed by atoms with Crippen molar-refractivity contribution in [3.8, 4) is 0 Å². The molecular formula is C16H14FN3O3S. The minimum absolute atomic E-state index is 0.0739. The van der Waals surface area contributed by atoms with Gasteiger partial charge in [-0.25, -0.2) is 14.7 Å². The fourth-order valence-corrected chi connectivity index (χ4v) is 3.09. The van der Waals surface area contributed by atoms with Gasteiger partial charge in [-0.3, -0.25) is 19.8 Å². The Bertz CT molecular complexity index is 761. The fourth-order valence-electron chi connectivity index (χ4n) is 2.39. The maximum absolute atomic E-state index is 13.0. The molecule has 0 aliphatic carbocycles. The van der Waals surface area contributed by atoms with Gasteiger partial charge in [-0.2, -0.15) is 0 Å². The van der Waals surface area contributed by atoms with Crippen molar-refractivity contribution in [2.24, 2.45) is 0 Å². The van der Waals surface area contributed by atoms with Gasteiger partial charge in [0.25, 0.3) is 5.91 Å². The molecule has 0 unspecified atom stereocenters. The maximum atomic E-state index is 13.0. The quantitative estimate of drug-likeness (QED) is 0.633. The first-order chi connectivity index (χ1) is 11.5. The molecule has 1 aliphatic heterocycles. The molecule has 1 aromatic heterocycles. The number of imide groups is 1. The second-order valence-electron chi connectivity index (χ2n) is 5.25. The molecule has 1 aliphatic rings. The first-order valence-electron chi connectivity index (χ1n) is 7.23. The van der Waals surface area contributed by atoms with E-state index in [0.29, 0.717) is 5.69 Å². The molecule has 1 fully saturated rings. The maximum Gasteiger partial charge on any atom is 0.253 e. The van der Waals surface area contributed by atoms with E-state index in [-0.39, 0.29) is 18.7 Å². The Morgan fingerprint density at radius 2 is 2.00 bits per heavy atom. The Labute approximate surface area is 141 Å². The van der Waals surface area contributed by atoms with Crippen molar-refractivity contribution >= 4 is 34.7 Å². The van der Waals surface area contributed by atoms with Crippen molar-refractivity contribution in [1.82, 2.24) is 10.9 Å². The lowest BCUT2D eigenvalue weighted by Gasteiger charge is -2.15. The number of nitrogens with zero attached hydrogens (tertiary/aromatic N) is 1. The molecule has 2 heterocycles. The Kier molecular flexibility index (Phi) is 4.68. The number of hydrazine groups is 1. The molecule has 24 heavy (non-hydrogen) atoms. The number of carbonyl (C=O) groups is 3. The first kappa shape index (κ1) is 16.3. The molecule has 8 heteroatoms. The second-order valence-corrected chi connectivity index (χ2v) is 6.28. The highest BCUT2D eigenvalue weighted by atomic mass is 32.1. The van der Waals surface area contributed by atoms with Crippen molar-refractivity contribution < 1.29 is 18.8 Å². The molecule has 0 spiro atoms. The van der Waals surface area contributed by atoms with Crippen LogP contribution in [0.15, 0.2) is 41.8 Å². The van der Waals surface area contributed by atoms with Gasteiger partial charge in [0, 0.05) is 4.88 Å². The van der Waals surface area contributed by atoms with Crippen LogP contribution >= 0.6 is 11.3 Å². The van der Waals surface area contributed by atoms with E-state index >= 15 is 0 Å². The lowest BCUT2D eigenvalue weighted by Crippen LogP contribution is -2.48. The number of halogens is 1. The number of hydrogen-bond donors (Lipinski definition) is 2. The Morgan fingerprint density at radius 1 is 1.25 bits per heavy atom. The van der Waals surface area contributed by atoms with E-state index in [1.807, 2.05) is 17.5 Å². The molecule has 1 saturated heterocycles. The summed E-state index contributed by atoms with van der Waals surface area (Å²) >= 11 is 1.46. The van der Waals surface area contributed by atoms with Crippen molar-refractivity contribution in [3.05, 3.63) is 52.5 Å². The molecule has 1 atom stereocenters. The van der Waals surface area contributed by atoms with E-state index < -0.39 is 23.7 Å². The standard InChI is InChI=1S/C16H14FN3O3S/c17-10-3-5-11(6-4-10)20-15(22)9-13(16(20)23)18-19-14(21)8-12-2-1-7-24-12/h1-7,13,18H,8-9H2,(H,19,21)/t13-/m1/s1. The summed E-state index contributed by atoms with van der Waals surface area (Å²) in [5.74, 6) is -1.63. The minimum atomic E-state index is -0.838. The molecule has 0 bridgehead atoms. The van der Waals surface area contributed by atoms with Gasteiger partial charge in [-0.15, -0.1) is 11.3 Å². The average Bonchev–Trinajstić information content (AvgIpc) is 3.15. The number of benzene rings is 1. The molecule has 0 radical (unpaired) electrons. The van der Waals surface area contributed by atoms with E-state index in [4.69, 9.17) is 0 Å². The van der Waals surface area contributed by atoms with Crippen molar-refractivity contribution in [2.75, 3.05) is 4.90 Å². The third kappa shape index (κ3) is 3.50. The summed E-state index contributed by atoms with van der Waals surface area (Å²) in [4.78, 5) is 38.1. The highest BCUT2D eigenvalue weighted by Gasteiger charge is 2.39. The van der Waals surface area contributed by atoms with Crippen LogP contribution in [0.1, 0.15) is 11.3 Å². The summed E-state index contributed by atoms with van der Waals surface area (Å²) in [5.41, 5.74) is 5.36. The van der Waals surface area contributed by atoms with Crippen LogP contribution in [0.5, 0.6) is 0 Å². The smallest absolute Gasteiger partial charge is 0.253 e. The number of anilines is 1. The zero-order valence-corrected chi connectivity index (χ0v) is 13.3. The lowest BCUT2D eigenvalue weighted by atomic mass is 10.2. The summed E-state index contributed by atoms with van der Waals surface area (Å²) in [7, 11) is 0. The third-order valence-electron chi connectivity index (χ3n) is 3.53. The van der Waals surface area contributed by atoms with Gasteiger partial charge in [0.05, 0.1) is 18.5 Å². The van der Waals surface area contributed by atoms with Gasteiger partial charge < -0.3 is 0 Å².